The normalized spacial score (nSPS) is 12.1. The van der Waals surface area contributed by atoms with Crippen molar-refractivity contribution in [2.75, 3.05) is 19.3 Å². The summed E-state index contributed by atoms with van der Waals surface area (Å²) < 4.78 is 51.6. The molecule has 0 spiro atoms. The zero-order valence-corrected chi connectivity index (χ0v) is 15.4. The highest BCUT2D eigenvalue weighted by atomic mass is 32.2. The second-order valence-corrected chi connectivity index (χ2v) is 7.76. The number of nitrogens with one attached hydrogen (secondary N) is 2. The van der Waals surface area contributed by atoms with Gasteiger partial charge >= 0.3 is 0 Å². The molecule has 0 atom stereocenters. The van der Waals surface area contributed by atoms with Crippen molar-refractivity contribution in [3.05, 3.63) is 65.2 Å². The summed E-state index contributed by atoms with van der Waals surface area (Å²) in [5.74, 6) is -0.970. The molecule has 0 radical (unpaired) electrons. The summed E-state index contributed by atoms with van der Waals surface area (Å²) >= 11 is 0. The van der Waals surface area contributed by atoms with Gasteiger partial charge in [-0.15, -0.1) is 0 Å². The number of benzene rings is 2. The van der Waals surface area contributed by atoms with Crippen LogP contribution in [0.25, 0.3) is 0 Å². The van der Waals surface area contributed by atoms with E-state index in [1.54, 1.807) is 19.1 Å². The standard InChI is InChI=1S/C18H21F2N3O2S/c1-13-7-8-14(11-16(13)20)12-23-18(21-2)22-9-10-26(24,25)17-6-4-3-5-15(17)19/h3-8,11H,9-10,12H2,1-2H3,(H2,21,22,23). The molecule has 2 rings (SSSR count). The van der Waals surface area contributed by atoms with Gasteiger partial charge in [-0.25, -0.2) is 17.2 Å². The van der Waals surface area contributed by atoms with Crippen molar-refractivity contribution < 1.29 is 17.2 Å². The Balaban J connectivity index is 1.89. The highest BCUT2D eigenvalue weighted by Crippen LogP contribution is 2.14. The van der Waals surface area contributed by atoms with Crippen LogP contribution in [-0.2, 0) is 16.4 Å². The first-order valence-electron chi connectivity index (χ1n) is 8.00. The predicted octanol–water partition coefficient (Wildman–Crippen LogP) is 2.41. The van der Waals surface area contributed by atoms with Crippen LogP contribution < -0.4 is 10.6 Å². The van der Waals surface area contributed by atoms with Gasteiger partial charge in [0.15, 0.2) is 15.8 Å². The average molecular weight is 381 g/mol. The van der Waals surface area contributed by atoms with Crippen molar-refractivity contribution in [1.82, 2.24) is 10.6 Å². The van der Waals surface area contributed by atoms with Gasteiger partial charge in [0.2, 0.25) is 0 Å². The molecule has 0 fully saturated rings. The molecule has 0 aliphatic carbocycles. The molecule has 26 heavy (non-hydrogen) atoms. The number of aliphatic imine (C=N–C) groups is 1. The Labute approximate surface area is 152 Å². The molecule has 2 aromatic rings. The molecule has 0 heterocycles. The molecule has 0 saturated carbocycles. The molecule has 8 heteroatoms. The fraction of sp³-hybridized carbons (Fsp3) is 0.278. The minimum atomic E-state index is -3.74. The van der Waals surface area contributed by atoms with Crippen LogP contribution in [0.2, 0.25) is 0 Å². The second kappa shape index (κ2) is 8.75. The Morgan fingerprint density at radius 2 is 1.81 bits per heavy atom. The van der Waals surface area contributed by atoms with E-state index in [0.29, 0.717) is 18.1 Å². The van der Waals surface area contributed by atoms with E-state index in [0.717, 1.165) is 11.6 Å². The quantitative estimate of drug-likeness (QED) is 0.596. The number of sulfone groups is 1. The Hall–Kier alpha value is -2.48. The summed E-state index contributed by atoms with van der Waals surface area (Å²) in [4.78, 5) is 3.67. The summed E-state index contributed by atoms with van der Waals surface area (Å²) in [6.07, 6.45) is 0. The van der Waals surface area contributed by atoms with E-state index in [9.17, 15) is 17.2 Å². The van der Waals surface area contributed by atoms with Crippen molar-refractivity contribution in [3.8, 4) is 0 Å². The number of hydrogen-bond acceptors (Lipinski definition) is 3. The van der Waals surface area contributed by atoms with E-state index in [2.05, 4.69) is 15.6 Å². The van der Waals surface area contributed by atoms with Crippen LogP contribution >= 0.6 is 0 Å². The summed E-state index contributed by atoms with van der Waals surface area (Å²) in [5, 5.41) is 5.83. The number of aryl methyl sites for hydroxylation is 1. The van der Waals surface area contributed by atoms with Gasteiger partial charge in [0, 0.05) is 20.1 Å². The van der Waals surface area contributed by atoms with Gasteiger partial charge in [-0.1, -0.05) is 24.3 Å². The first-order valence-corrected chi connectivity index (χ1v) is 9.65. The summed E-state index contributed by atoms with van der Waals surface area (Å²) in [7, 11) is -2.20. The van der Waals surface area contributed by atoms with Crippen molar-refractivity contribution in [3.63, 3.8) is 0 Å². The molecule has 0 aliphatic heterocycles. The lowest BCUT2D eigenvalue weighted by Crippen LogP contribution is -2.39. The molecule has 0 bridgehead atoms. The third-order valence-electron chi connectivity index (χ3n) is 3.75. The van der Waals surface area contributed by atoms with Gasteiger partial charge in [-0.3, -0.25) is 4.99 Å². The zero-order valence-electron chi connectivity index (χ0n) is 14.6. The molecule has 140 valence electrons. The molecule has 0 saturated heterocycles. The maximum atomic E-state index is 13.6. The minimum Gasteiger partial charge on any atom is -0.355 e. The number of nitrogens with zero attached hydrogens (tertiary/aromatic N) is 1. The van der Waals surface area contributed by atoms with Gasteiger partial charge < -0.3 is 10.6 Å². The van der Waals surface area contributed by atoms with Crippen molar-refractivity contribution in [2.45, 2.75) is 18.4 Å². The molecule has 0 aliphatic rings. The smallest absolute Gasteiger partial charge is 0.191 e. The van der Waals surface area contributed by atoms with Crippen LogP contribution in [0.1, 0.15) is 11.1 Å². The lowest BCUT2D eigenvalue weighted by atomic mass is 10.1. The highest BCUT2D eigenvalue weighted by molar-refractivity contribution is 7.91. The molecule has 0 aromatic heterocycles. The van der Waals surface area contributed by atoms with Crippen LogP contribution in [0.15, 0.2) is 52.4 Å². The molecular formula is C18H21F2N3O2S. The Kier molecular flexibility index (Phi) is 6.68. The van der Waals surface area contributed by atoms with Gasteiger partial charge in [-0.2, -0.15) is 0 Å². The molecule has 0 unspecified atom stereocenters. The first-order chi connectivity index (χ1) is 12.3. The second-order valence-electron chi connectivity index (χ2n) is 5.69. The van der Waals surface area contributed by atoms with Crippen LogP contribution in [0, 0.1) is 18.6 Å². The highest BCUT2D eigenvalue weighted by Gasteiger charge is 2.18. The fourth-order valence-electron chi connectivity index (χ4n) is 2.26. The predicted molar refractivity (Wildman–Crippen MR) is 97.8 cm³/mol. The molecule has 0 amide bonds. The van der Waals surface area contributed by atoms with E-state index in [1.165, 1.54) is 31.3 Å². The molecular weight excluding hydrogens is 360 g/mol. The van der Waals surface area contributed by atoms with Gasteiger partial charge in [0.1, 0.15) is 16.5 Å². The van der Waals surface area contributed by atoms with Crippen LogP contribution in [0.3, 0.4) is 0 Å². The lowest BCUT2D eigenvalue weighted by molar-refractivity contribution is 0.566. The van der Waals surface area contributed by atoms with Gasteiger partial charge in [0.25, 0.3) is 0 Å². The van der Waals surface area contributed by atoms with Crippen LogP contribution in [0.4, 0.5) is 8.78 Å². The van der Waals surface area contributed by atoms with Gasteiger partial charge in [-0.05, 0) is 36.2 Å². The third-order valence-corrected chi connectivity index (χ3v) is 5.50. The van der Waals surface area contributed by atoms with E-state index in [1.807, 2.05) is 0 Å². The zero-order chi connectivity index (χ0) is 19.2. The number of rotatable bonds is 6. The fourth-order valence-corrected chi connectivity index (χ4v) is 3.51. The lowest BCUT2D eigenvalue weighted by Gasteiger charge is -2.12. The monoisotopic (exact) mass is 381 g/mol. The SMILES string of the molecule is CN=C(NCCS(=O)(=O)c1ccccc1F)NCc1ccc(C)c(F)c1. The first kappa shape index (κ1) is 19.8. The third kappa shape index (κ3) is 5.26. The van der Waals surface area contributed by atoms with E-state index in [-0.39, 0.29) is 23.0 Å². The Bertz CT molecular complexity index is 899. The van der Waals surface area contributed by atoms with Crippen LogP contribution in [-0.4, -0.2) is 33.7 Å². The summed E-state index contributed by atoms with van der Waals surface area (Å²) in [5.41, 5.74) is 1.30. The largest absolute Gasteiger partial charge is 0.355 e. The maximum absolute atomic E-state index is 13.6. The van der Waals surface area contributed by atoms with Crippen molar-refractivity contribution in [1.29, 1.82) is 0 Å². The van der Waals surface area contributed by atoms with E-state index < -0.39 is 15.7 Å². The van der Waals surface area contributed by atoms with E-state index in [4.69, 9.17) is 0 Å². The Morgan fingerprint density at radius 1 is 1.08 bits per heavy atom. The molecule has 2 aromatic carbocycles. The minimum absolute atomic E-state index is 0.0542. The van der Waals surface area contributed by atoms with Gasteiger partial charge in [0.05, 0.1) is 5.75 Å². The summed E-state index contributed by atoms with van der Waals surface area (Å²) in [6.45, 7) is 2.07. The summed E-state index contributed by atoms with van der Waals surface area (Å²) in [6, 6.07) is 10.2. The topological polar surface area (TPSA) is 70.6 Å². The molecule has 5 nitrogen and oxygen atoms in total. The van der Waals surface area contributed by atoms with Crippen LogP contribution in [0.5, 0.6) is 0 Å². The average Bonchev–Trinajstić information content (AvgIpc) is 2.61. The number of halogens is 2. The Morgan fingerprint density at radius 3 is 2.46 bits per heavy atom. The van der Waals surface area contributed by atoms with Crippen molar-refractivity contribution in [2.24, 2.45) is 4.99 Å². The van der Waals surface area contributed by atoms with E-state index >= 15 is 0 Å². The number of guanidine groups is 1. The van der Waals surface area contributed by atoms with Crippen molar-refractivity contribution >= 4 is 15.8 Å². The molecule has 2 N–H and O–H groups in total. The number of hydrogen-bond donors (Lipinski definition) is 2. The maximum Gasteiger partial charge on any atom is 0.191 e.